The summed E-state index contributed by atoms with van der Waals surface area (Å²) < 4.78 is 28.1. The first-order chi connectivity index (χ1) is 12.0. The van der Waals surface area contributed by atoms with E-state index >= 15 is 0 Å². The van der Waals surface area contributed by atoms with Crippen LogP contribution < -0.4 is 10.7 Å². The Balaban J connectivity index is 1.96. The Morgan fingerprint density at radius 2 is 1.92 bits per heavy atom. The van der Waals surface area contributed by atoms with E-state index in [1.54, 1.807) is 13.0 Å². The lowest BCUT2D eigenvalue weighted by atomic mass is 10.1. The van der Waals surface area contributed by atoms with Gasteiger partial charge in [-0.15, -0.1) is 0 Å². The fraction of sp³-hybridized carbons (Fsp3) is 0.167. The number of halogens is 2. The number of hydrogen-bond acceptors (Lipinski definition) is 3. The van der Waals surface area contributed by atoms with Crippen molar-refractivity contribution in [1.29, 1.82) is 0 Å². The lowest BCUT2D eigenvalue weighted by Crippen LogP contribution is -2.31. The smallest absolute Gasteiger partial charge is 0.276 e. The summed E-state index contributed by atoms with van der Waals surface area (Å²) in [7, 11) is 0. The van der Waals surface area contributed by atoms with Crippen LogP contribution >= 0.6 is 0 Å². The van der Waals surface area contributed by atoms with E-state index in [0.29, 0.717) is 17.6 Å². The maximum Gasteiger partial charge on any atom is 0.276 e. The SMILES string of the molecule is CCn1nc(C(=O)NCc2cccc(F)c2)c(=O)c2cc(F)ccc21. The van der Waals surface area contributed by atoms with Crippen LogP contribution in [0.15, 0.2) is 47.3 Å². The van der Waals surface area contributed by atoms with Crippen molar-refractivity contribution in [3.05, 3.63) is 75.6 Å². The number of amides is 1. The van der Waals surface area contributed by atoms with Gasteiger partial charge in [0, 0.05) is 13.1 Å². The van der Waals surface area contributed by atoms with Crippen molar-refractivity contribution in [1.82, 2.24) is 15.1 Å². The summed E-state index contributed by atoms with van der Waals surface area (Å²) in [5.41, 5.74) is 0.0406. The molecule has 0 radical (unpaired) electrons. The Kier molecular flexibility index (Phi) is 4.56. The molecule has 0 aliphatic rings. The number of hydrogen-bond donors (Lipinski definition) is 1. The summed E-state index contributed by atoms with van der Waals surface area (Å²) >= 11 is 0. The van der Waals surface area contributed by atoms with Gasteiger partial charge in [-0.25, -0.2) is 8.78 Å². The van der Waals surface area contributed by atoms with Crippen LogP contribution in [0.25, 0.3) is 10.9 Å². The standard InChI is InChI=1S/C18H15F2N3O2/c1-2-23-15-7-6-13(20)9-14(15)17(24)16(22-23)18(25)21-10-11-4-3-5-12(19)8-11/h3-9H,2,10H2,1H3,(H,21,25). The van der Waals surface area contributed by atoms with Crippen molar-refractivity contribution in [2.45, 2.75) is 20.0 Å². The largest absolute Gasteiger partial charge is 0.346 e. The summed E-state index contributed by atoms with van der Waals surface area (Å²) in [5.74, 6) is -1.67. The molecule has 2 aromatic carbocycles. The molecule has 7 heteroatoms. The minimum atomic E-state index is -0.692. The zero-order chi connectivity index (χ0) is 18.0. The Morgan fingerprint density at radius 1 is 1.16 bits per heavy atom. The van der Waals surface area contributed by atoms with Crippen LogP contribution in [0, 0.1) is 11.6 Å². The van der Waals surface area contributed by atoms with Gasteiger partial charge in [0.25, 0.3) is 5.91 Å². The van der Waals surface area contributed by atoms with Crippen molar-refractivity contribution in [2.75, 3.05) is 0 Å². The molecule has 1 amide bonds. The van der Waals surface area contributed by atoms with E-state index in [0.717, 1.165) is 6.07 Å². The third kappa shape index (κ3) is 3.40. The number of fused-ring (bicyclic) bond motifs is 1. The Hall–Kier alpha value is -3.09. The van der Waals surface area contributed by atoms with E-state index in [2.05, 4.69) is 10.4 Å². The fourth-order valence-electron chi connectivity index (χ4n) is 2.57. The van der Waals surface area contributed by atoms with Gasteiger partial charge in [0.1, 0.15) is 11.6 Å². The zero-order valence-corrected chi connectivity index (χ0v) is 13.4. The molecule has 0 unspecified atom stereocenters. The van der Waals surface area contributed by atoms with Crippen molar-refractivity contribution in [2.24, 2.45) is 0 Å². The van der Waals surface area contributed by atoms with Crippen molar-refractivity contribution < 1.29 is 13.6 Å². The number of nitrogens with zero attached hydrogens (tertiary/aromatic N) is 2. The minimum Gasteiger partial charge on any atom is -0.346 e. The van der Waals surface area contributed by atoms with E-state index in [1.807, 2.05) is 0 Å². The van der Waals surface area contributed by atoms with Gasteiger partial charge in [0.05, 0.1) is 10.9 Å². The van der Waals surface area contributed by atoms with E-state index < -0.39 is 23.0 Å². The van der Waals surface area contributed by atoms with Gasteiger partial charge in [-0.1, -0.05) is 12.1 Å². The average Bonchev–Trinajstić information content (AvgIpc) is 2.60. The summed E-state index contributed by atoms with van der Waals surface area (Å²) in [6.45, 7) is 2.26. The number of aromatic nitrogens is 2. The average molecular weight is 343 g/mol. The molecular formula is C18H15F2N3O2. The van der Waals surface area contributed by atoms with Crippen LogP contribution in [-0.4, -0.2) is 15.7 Å². The molecular weight excluding hydrogens is 328 g/mol. The highest BCUT2D eigenvalue weighted by molar-refractivity contribution is 5.95. The van der Waals surface area contributed by atoms with Gasteiger partial charge in [0.2, 0.25) is 5.43 Å². The van der Waals surface area contributed by atoms with E-state index in [1.165, 1.54) is 35.0 Å². The Labute approximate surface area is 141 Å². The first-order valence-electron chi connectivity index (χ1n) is 7.72. The third-order valence-corrected chi connectivity index (χ3v) is 3.77. The highest BCUT2D eigenvalue weighted by Gasteiger charge is 2.17. The molecule has 5 nitrogen and oxygen atoms in total. The molecule has 1 aromatic heterocycles. The molecule has 3 rings (SSSR count). The van der Waals surface area contributed by atoms with Gasteiger partial charge >= 0.3 is 0 Å². The lowest BCUT2D eigenvalue weighted by Gasteiger charge is -2.10. The predicted molar refractivity (Wildman–Crippen MR) is 89.2 cm³/mol. The molecule has 1 N–H and O–H groups in total. The van der Waals surface area contributed by atoms with Crippen molar-refractivity contribution in [3.63, 3.8) is 0 Å². The quantitative estimate of drug-likeness (QED) is 0.792. The van der Waals surface area contributed by atoms with Gasteiger partial charge in [-0.3, -0.25) is 14.3 Å². The topological polar surface area (TPSA) is 64.0 Å². The molecule has 0 spiro atoms. The number of aryl methyl sites for hydroxylation is 1. The number of rotatable bonds is 4. The number of nitrogens with one attached hydrogen (secondary N) is 1. The van der Waals surface area contributed by atoms with Crippen LogP contribution in [0.5, 0.6) is 0 Å². The molecule has 0 bridgehead atoms. The second-order valence-electron chi connectivity index (χ2n) is 5.47. The van der Waals surface area contributed by atoms with Crippen LogP contribution in [0.2, 0.25) is 0 Å². The summed E-state index contributed by atoms with van der Waals surface area (Å²) in [4.78, 5) is 24.8. The first kappa shape index (κ1) is 16.8. The molecule has 0 aliphatic heterocycles. The molecule has 3 aromatic rings. The summed E-state index contributed by atoms with van der Waals surface area (Å²) in [5, 5.41) is 6.70. The Bertz CT molecular complexity index is 1010. The van der Waals surface area contributed by atoms with Crippen LogP contribution in [-0.2, 0) is 13.1 Å². The fourth-order valence-corrected chi connectivity index (χ4v) is 2.57. The minimum absolute atomic E-state index is 0.0467. The summed E-state index contributed by atoms with van der Waals surface area (Å²) in [6, 6.07) is 9.54. The van der Waals surface area contributed by atoms with Crippen molar-refractivity contribution in [3.8, 4) is 0 Å². The molecule has 128 valence electrons. The lowest BCUT2D eigenvalue weighted by molar-refractivity contribution is 0.0942. The molecule has 0 fully saturated rings. The van der Waals surface area contributed by atoms with Crippen molar-refractivity contribution >= 4 is 16.8 Å². The number of benzene rings is 2. The second kappa shape index (κ2) is 6.80. The molecule has 25 heavy (non-hydrogen) atoms. The highest BCUT2D eigenvalue weighted by atomic mass is 19.1. The molecule has 1 heterocycles. The maximum absolute atomic E-state index is 13.5. The van der Waals surface area contributed by atoms with E-state index in [-0.39, 0.29) is 17.6 Å². The zero-order valence-electron chi connectivity index (χ0n) is 13.4. The van der Waals surface area contributed by atoms with Gasteiger partial charge in [-0.2, -0.15) is 5.10 Å². The first-order valence-corrected chi connectivity index (χ1v) is 7.72. The molecule has 0 saturated heterocycles. The van der Waals surface area contributed by atoms with Crippen LogP contribution in [0.1, 0.15) is 23.0 Å². The highest BCUT2D eigenvalue weighted by Crippen LogP contribution is 2.12. The monoisotopic (exact) mass is 343 g/mol. The van der Waals surface area contributed by atoms with E-state index in [4.69, 9.17) is 0 Å². The van der Waals surface area contributed by atoms with E-state index in [9.17, 15) is 18.4 Å². The van der Waals surface area contributed by atoms with Crippen LogP contribution in [0.4, 0.5) is 8.78 Å². The summed E-state index contributed by atoms with van der Waals surface area (Å²) in [6.07, 6.45) is 0. The number of carbonyl (C=O) groups is 1. The van der Waals surface area contributed by atoms with Crippen LogP contribution in [0.3, 0.4) is 0 Å². The molecule has 0 atom stereocenters. The van der Waals surface area contributed by atoms with Gasteiger partial charge in [0.15, 0.2) is 5.69 Å². The number of carbonyl (C=O) groups excluding carboxylic acids is 1. The second-order valence-corrected chi connectivity index (χ2v) is 5.47. The predicted octanol–water partition coefficient (Wildman–Crippen LogP) is 2.62. The molecule has 0 saturated carbocycles. The molecule has 0 aliphatic carbocycles. The normalized spacial score (nSPS) is 10.8. The Morgan fingerprint density at radius 3 is 2.64 bits per heavy atom. The van der Waals surface area contributed by atoms with Gasteiger partial charge < -0.3 is 5.32 Å². The van der Waals surface area contributed by atoms with Gasteiger partial charge in [-0.05, 0) is 42.8 Å². The maximum atomic E-state index is 13.5. The third-order valence-electron chi connectivity index (χ3n) is 3.77.